The predicted octanol–water partition coefficient (Wildman–Crippen LogP) is 6.76. The Morgan fingerprint density at radius 2 is 1.94 bits per heavy atom. The van der Waals surface area contributed by atoms with Gasteiger partial charge in [0.05, 0.1) is 11.1 Å². The monoisotopic (exact) mass is 528 g/mol. The molecule has 0 atom stereocenters. The quantitative estimate of drug-likeness (QED) is 0.258. The van der Waals surface area contributed by atoms with Gasteiger partial charge in [-0.2, -0.15) is 5.26 Å². The Hall–Kier alpha value is -3.34. The first-order chi connectivity index (χ1) is 15.9. The number of carbonyl (C=O) groups is 1. The average molecular weight is 530 g/mol. The first kappa shape index (κ1) is 24.3. The van der Waals surface area contributed by atoms with Crippen molar-refractivity contribution in [3.8, 4) is 17.6 Å². The molecule has 33 heavy (non-hydrogen) atoms. The molecule has 0 aliphatic heterocycles. The number of hydrogen-bond donors (Lipinski definition) is 1. The molecule has 1 N–H and O–H groups in total. The fourth-order valence-corrected chi connectivity index (χ4v) is 3.65. The summed E-state index contributed by atoms with van der Waals surface area (Å²) in [5.74, 6) is 0.0113. The summed E-state index contributed by atoms with van der Waals surface area (Å²) in [6, 6.07) is 18.0. The number of halogens is 3. The van der Waals surface area contributed by atoms with Crippen LogP contribution in [-0.2, 0) is 11.4 Å². The van der Waals surface area contributed by atoms with E-state index < -0.39 is 5.91 Å². The topological polar surface area (TPSA) is 71.3 Å². The van der Waals surface area contributed by atoms with E-state index in [1.54, 1.807) is 48.5 Å². The van der Waals surface area contributed by atoms with Crippen molar-refractivity contribution in [3.05, 3.63) is 92.7 Å². The summed E-state index contributed by atoms with van der Waals surface area (Å²) in [4.78, 5) is 12.6. The van der Waals surface area contributed by atoms with Crippen molar-refractivity contribution in [1.82, 2.24) is 0 Å². The van der Waals surface area contributed by atoms with E-state index in [9.17, 15) is 14.4 Å². The lowest BCUT2D eigenvalue weighted by Gasteiger charge is -2.15. The second-order valence-corrected chi connectivity index (χ2v) is 8.10. The first-order valence-electron chi connectivity index (χ1n) is 9.92. The summed E-state index contributed by atoms with van der Waals surface area (Å²) in [5, 5.41) is 12.6. The lowest BCUT2D eigenvalue weighted by molar-refractivity contribution is -0.112. The standard InChI is InChI=1S/C25H19BrClFN2O3/c1-2-32-23-12-17(10-18(14-29)25(31)30-21-5-3-4-19(27)13-21)11-22(26)24(23)33-15-16-6-8-20(28)9-7-16/h3-13H,2,15H2,1H3,(H,30,31)/b18-10+. The van der Waals surface area contributed by atoms with Gasteiger partial charge < -0.3 is 14.8 Å². The lowest BCUT2D eigenvalue weighted by atomic mass is 10.1. The molecule has 0 radical (unpaired) electrons. The van der Waals surface area contributed by atoms with Gasteiger partial charge in [-0.1, -0.05) is 29.8 Å². The normalized spacial score (nSPS) is 10.9. The van der Waals surface area contributed by atoms with E-state index in [2.05, 4.69) is 21.2 Å². The average Bonchev–Trinajstić information content (AvgIpc) is 2.78. The van der Waals surface area contributed by atoms with Crippen LogP contribution in [0.3, 0.4) is 0 Å². The van der Waals surface area contributed by atoms with E-state index >= 15 is 0 Å². The summed E-state index contributed by atoms with van der Waals surface area (Å²) in [6.45, 7) is 2.42. The zero-order valence-electron chi connectivity index (χ0n) is 17.6. The molecule has 3 aromatic carbocycles. The van der Waals surface area contributed by atoms with Crippen molar-refractivity contribution in [2.45, 2.75) is 13.5 Å². The number of benzene rings is 3. The van der Waals surface area contributed by atoms with Crippen LogP contribution >= 0.6 is 27.5 Å². The second-order valence-electron chi connectivity index (χ2n) is 6.81. The highest BCUT2D eigenvalue weighted by atomic mass is 79.9. The first-order valence-corrected chi connectivity index (χ1v) is 11.1. The number of hydrogen-bond acceptors (Lipinski definition) is 4. The minimum atomic E-state index is -0.564. The zero-order chi connectivity index (χ0) is 23.8. The van der Waals surface area contributed by atoms with Crippen molar-refractivity contribution in [2.75, 3.05) is 11.9 Å². The lowest BCUT2D eigenvalue weighted by Crippen LogP contribution is -2.13. The number of amides is 1. The third kappa shape index (κ3) is 6.82. The van der Waals surface area contributed by atoms with Crippen molar-refractivity contribution in [2.24, 2.45) is 0 Å². The highest BCUT2D eigenvalue weighted by molar-refractivity contribution is 9.10. The molecule has 8 heteroatoms. The summed E-state index contributed by atoms with van der Waals surface area (Å²) in [7, 11) is 0. The summed E-state index contributed by atoms with van der Waals surface area (Å²) < 4.78 is 25.3. The van der Waals surface area contributed by atoms with E-state index in [-0.39, 0.29) is 18.0 Å². The Bertz CT molecular complexity index is 1220. The molecule has 0 aliphatic rings. The van der Waals surface area contributed by atoms with Crippen LogP contribution < -0.4 is 14.8 Å². The molecule has 0 saturated heterocycles. The summed E-state index contributed by atoms with van der Waals surface area (Å²) in [6.07, 6.45) is 1.46. The maximum Gasteiger partial charge on any atom is 0.266 e. The number of rotatable bonds is 8. The molecule has 1 amide bonds. The number of nitrogens with one attached hydrogen (secondary N) is 1. The summed E-state index contributed by atoms with van der Waals surface area (Å²) >= 11 is 9.42. The highest BCUT2D eigenvalue weighted by Gasteiger charge is 2.15. The molecule has 0 aromatic heterocycles. The van der Waals surface area contributed by atoms with Crippen LogP contribution in [0, 0.1) is 17.1 Å². The molecule has 5 nitrogen and oxygen atoms in total. The Kier molecular flexibility index (Phi) is 8.47. The largest absolute Gasteiger partial charge is 0.490 e. The number of carbonyl (C=O) groups excluding carboxylic acids is 1. The zero-order valence-corrected chi connectivity index (χ0v) is 19.9. The maximum atomic E-state index is 13.1. The maximum absolute atomic E-state index is 13.1. The van der Waals surface area contributed by atoms with Crippen molar-refractivity contribution in [3.63, 3.8) is 0 Å². The Morgan fingerprint density at radius 1 is 1.18 bits per heavy atom. The van der Waals surface area contributed by atoms with Gasteiger partial charge in [0.1, 0.15) is 24.1 Å². The smallest absolute Gasteiger partial charge is 0.266 e. The Labute approximate surface area is 204 Å². The van der Waals surface area contributed by atoms with Gasteiger partial charge in [0, 0.05) is 10.7 Å². The van der Waals surface area contributed by atoms with Crippen LogP contribution in [0.25, 0.3) is 6.08 Å². The number of nitrogens with zero attached hydrogens (tertiary/aromatic N) is 1. The van der Waals surface area contributed by atoms with E-state index in [0.717, 1.165) is 5.56 Å². The van der Waals surface area contributed by atoms with Crippen molar-refractivity contribution < 1.29 is 18.7 Å². The van der Waals surface area contributed by atoms with Crippen molar-refractivity contribution in [1.29, 1.82) is 5.26 Å². The van der Waals surface area contributed by atoms with Crippen LogP contribution in [0.1, 0.15) is 18.1 Å². The van der Waals surface area contributed by atoms with Crippen LogP contribution in [0.5, 0.6) is 11.5 Å². The fraction of sp³-hybridized carbons (Fsp3) is 0.120. The SMILES string of the molecule is CCOc1cc(/C=C(\C#N)C(=O)Nc2cccc(Cl)c2)cc(Br)c1OCc1ccc(F)cc1. The predicted molar refractivity (Wildman–Crippen MR) is 130 cm³/mol. The van der Waals surface area contributed by atoms with E-state index in [0.29, 0.717) is 38.9 Å². The van der Waals surface area contributed by atoms with Gasteiger partial charge in [-0.25, -0.2) is 4.39 Å². The number of anilines is 1. The van der Waals surface area contributed by atoms with Gasteiger partial charge in [0.2, 0.25) is 0 Å². The fourth-order valence-electron chi connectivity index (χ4n) is 2.89. The van der Waals surface area contributed by atoms with Crippen molar-refractivity contribution >= 4 is 45.2 Å². The molecule has 0 unspecified atom stereocenters. The Balaban J connectivity index is 1.84. The molecule has 3 aromatic rings. The molecule has 0 fully saturated rings. The van der Waals surface area contributed by atoms with E-state index in [1.165, 1.54) is 18.2 Å². The molecular weight excluding hydrogens is 511 g/mol. The molecule has 0 spiro atoms. The molecule has 3 rings (SSSR count). The van der Waals surface area contributed by atoms with Crippen LogP contribution in [0.4, 0.5) is 10.1 Å². The van der Waals surface area contributed by atoms with Crippen LogP contribution in [0.2, 0.25) is 5.02 Å². The highest BCUT2D eigenvalue weighted by Crippen LogP contribution is 2.38. The molecule has 0 aliphatic carbocycles. The van der Waals surface area contributed by atoms with Gasteiger partial charge in [0.25, 0.3) is 5.91 Å². The van der Waals surface area contributed by atoms with Gasteiger partial charge in [0.15, 0.2) is 11.5 Å². The van der Waals surface area contributed by atoms with Crippen LogP contribution in [-0.4, -0.2) is 12.5 Å². The van der Waals surface area contributed by atoms with Gasteiger partial charge >= 0.3 is 0 Å². The molecule has 0 heterocycles. The van der Waals surface area contributed by atoms with Crippen LogP contribution in [0.15, 0.2) is 70.7 Å². The molecule has 168 valence electrons. The van der Waals surface area contributed by atoms with Gasteiger partial charge in [-0.3, -0.25) is 4.79 Å². The molecule has 0 saturated carbocycles. The van der Waals surface area contributed by atoms with E-state index in [4.69, 9.17) is 21.1 Å². The third-order valence-corrected chi connectivity index (χ3v) is 5.21. The second kappa shape index (κ2) is 11.5. The van der Waals surface area contributed by atoms with Gasteiger partial charge in [-0.05, 0) is 82.5 Å². The molecule has 0 bridgehead atoms. The van der Waals surface area contributed by atoms with Gasteiger partial charge in [-0.15, -0.1) is 0 Å². The molecular formula is C25H19BrClFN2O3. The minimum absolute atomic E-state index is 0.0932. The summed E-state index contributed by atoms with van der Waals surface area (Å²) in [5.41, 5.74) is 1.75. The minimum Gasteiger partial charge on any atom is -0.490 e. The number of ether oxygens (including phenoxy) is 2. The Morgan fingerprint density at radius 3 is 2.61 bits per heavy atom. The number of nitriles is 1. The third-order valence-electron chi connectivity index (χ3n) is 4.39. The van der Waals surface area contributed by atoms with E-state index in [1.807, 2.05) is 13.0 Å².